The summed E-state index contributed by atoms with van der Waals surface area (Å²) in [5.41, 5.74) is 0.806. The molecule has 1 heterocycles. The summed E-state index contributed by atoms with van der Waals surface area (Å²) in [4.78, 5) is 25.1. The van der Waals surface area contributed by atoms with Crippen LogP contribution < -0.4 is 14.8 Å². The molecule has 0 aliphatic rings. The fourth-order valence-electron chi connectivity index (χ4n) is 1.94. The first-order chi connectivity index (χ1) is 11.5. The highest BCUT2D eigenvalue weighted by Gasteiger charge is 2.08. The second kappa shape index (κ2) is 8.31. The lowest BCUT2D eigenvalue weighted by molar-refractivity contribution is -0.122. The summed E-state index contributed by atoms with van der Waals surface area (Å²) in [7, 11) is 3.07. The van der Waals surface area contributed by atoms with Gasteiger partial charge in [0.05, 0.1) is 12.0 Å². The van der Waals surface area contributed by atoms with Crippen molar-refractivity contribution in [2.24, 2.45) is 0 Å². The van der Waals surface area contributed by atoms with Crippen LogP contribution in [-0.2, 0) is 4.79 Å². The molecule has 0 fully saturated rings. The maximum atomic E-state index is 12.1. The number of allylic oxidation sites excluding steroid dienone is 1. The van der Waals surface area contributed by atoms with E-state index in [9.17, 15) is 9.59 Å². The SMILES string of the molecule is CNC(=O)COc1ccc(C=CC(=O)c2ccc(C)s2)cc1OC. The quantitative estimate of drug-likeness (QED) is 0.619. The van der Waals surface area contributed by atoms with Crippen LogP contribution >= 0.6 is 11.3 Å². The first-order valence-electron chi connectivity index (χ1n) is 7.33. The van der Waals surface area contributed by atoms with Gasteiger partial charge in [-0.25, -0.2) is 0 Å². The molecule has 2 aromatic rings. The molecule has 0 unspecified atom stereocenters. The van der Waals surface area contributed by atoms with Gasteiger partial charge >= 0.3 is 0 Å². The zero-order chi connectivity index (χ0) is 17.5. The molecule has 1 N–H and O–H groups in total. The van der Waals surface area contributed by atoms with E-state index in [4.69, 9.17) is 9.47 Å². The number of nitrogens with one attached hydrogen (secondary N) is 1. The second-order valence-corrected chi connectivity index (χ2v) is 6.27. The average Bonchev–Trinajstić information content (AvgIpc) is 3.04. The number of ketones is 1. The van der Waals surface area contributed by atoms with Crippen molar-refractivity contribution in [3.05, 3.63) is 51.7 Å². The molecule has 0 saturated heterocycles. The van der Waals surface area contributed by atoms with Gasteiger partial charge in [-0.1, -0.05) is 12.1 Å². The number of benzene rings is 1. The number of thiophene rings is 1. The van der Waals surface area contributed by atoms with Crippen LogP contribution in [0.25, 0.3) is 6.08 Å². The highest BCUT2D eigenvalue weighted by atomic mass is 32.1. The molecule has 24 heavy (non-hydrogen) atoms. The Morgan fingerprint density at radius 1 is 1.21 bits per heavy atom. The topological polar surface area (TPSA) is 64.6 Å². The van der Waals surface area contributed by atoms with E-state index in [2.05, 4.69) is 5.32 Å². The van der Waals surface area contributed by atoms with Gasteiger partial charge in [-0.2, -0.15) is 0 Å². The van der Waals surface area contributed by atoms with Crippen molar-refractivity contribution in [1.29, 1.82) is 0 Å². The number of carbonyl (C=O) groups excluding carboxylic acids is 2. The van der Waals surface area contributed by atoms with E-state index >= 15 is 0 Å². The molecule has 0 aliphatic carbocycles. The van der Waals surface area contributed by atoms with Crippen molar-refractivity contribution < 1.29 is 19.1 Å². The smallest absolute Gasteiger partial charge is 0.257 e. The van der Waals surface area contributed by atoms with E-state index in [-0.39, 0.29) is 18.3 Å². The Hall–Kier alpha value is -2.60. The minimum Gasteiger partial charge on any atom is -0.493 e. The van der Waals surface area contributed by atoms with Gasteiger partial charge in [-0.15, -0.1) is 11.3 Å². The Morgan fingerprint density at radius 2 is 2.00 bits per heavy atom. The molecule has 126 valence electrons. The standard InChI is InChI=1S/C18H19NO4S/c1-12-4-9-17(24-12)14(20)7-5-13-6-8-15(16(10-13)22-3)23-11-18(21)19-2/h4-10H,11H2,1-3H3,(H,19,21). The first-order valence-corrected chi connectivity index (χ1v) is 8.15. The van der Waals surface area contributed by atoms with Crippen molar-refractivity contribution in [2.75, 3.05) is 20.8 Å². The Morgan fingerprint density at radius 3 is 2.62 bits per heavy atom. The Kier molecular flexibility index (Phi) is 6.14. The lowest BCUT2D eigenvalue weighted by Gasteiger charge is -2.10. The summed E-state index contributed by atoms with van der Waals surface area (Å²) in [6.45, 7) is 1.88. The zero-order valence-electron chi connectivity index (χ0n) is 13.8. The van der Waals surface area contributed by atoms with Gasteiger partial charge in [0, 0.05) is 11.9 Å². The van der Waals surface area contributed by atoms with Crippen molar-refractivity contribution in [3.8, 4) is 11.5 Å². The number of hydrogen-bond acceptors (Lipinski definition) is 5. The second-order valence-electron chi connectivity index (χ2n) is 4.98. The van der Waals surface area contributed by atoms with Crippen LogP contribution in [0.5, 0.6) is 11.5 Å². The van der Waals surface area contributed by atoms with Gasteiger partial charge in [0.2, 0.25) is 0 Å². The van der Waals surface area contributed by atoms with E-state index in [1.807, 2.05) is 19.1 Å². The number of aryl methyl sites for hydroxylation is 1. The van der Waals surface area contributed by atoms with Crippen LogP contribution in [0.15, 0.2) is 36.4 Å². The van der Waals surface area contributed by atoms with Crippen LogP contribution in [0.1, 0.15) is 20.1 Å². The predicted molar refractivity (Wildman–Crippen MR) is 95.0 cm³/mol. The van der Waals surface area contributed by atoms with E-state index in [1.165, 1.54) is 24.5 Å². The van der Waals surface area contributed by atoms with Crippen LogP contribution in [0, 0.1) is 6.92 Å². The Balaban J connectivity index is 2.09. The summed E-state index contributed by atoms with van der Waals surface area (Å²) < 4.78 is 10.7. The minimum atomic E-state index is -0.224. The molecule has 5 nitrogen and oxygen atoms in total. The van der Waals surface area contributed by atoms with Crippen molar-refractivity contribution >= 4 is 29.1 Å². The normalized spacial score (nSPS) is 10.6. The van der Waals surface area contributed by atoms with Gasteiger partial charge in [-0.3, -0.25) is 9.59 Å². The summed E-state index contributed by atoms with van der Waals surface area (Å²) in [6.07, 6.45) is 3.26. The lowest BCUT2D eigenvalue weighted by Crippen LogP contribution is -2.24. The third-order valence-corrected chi connectivity index (χ3v) is 4.25. The molecule has 2 rings (SSSR count). The van der Waals surface area contributed by atoms with Crippen molar-refractivity contribution in [1.82, 2.24) is 5.32 Å². The third-order valence-electron chi connectivity index (χ3n) is 3.24. The van der Waals surface area contributed by atoms with Crippen molar-refractivity contribution in [3.63, 3.8) is 0 Å². The van der Waals surface area contributed by atoms with Crippen LogP contribution in [0.2, 0.25) is 0 Å². The maximum Gasteiger partial charge on any atom is 0.257 e. The molecule has 0 radical (unpaired) electrons. The number of ether oxygens (including phenoxy) is 2. The summed E-state index contributed by atoms with van der Waals surface area (Å²) in [5.74, 6) is 0.712. The first kappa shape index (κ1) is 17.7. The van der Waals surface area contributed by atoms with Gasteiger partial charge in [0.25, 0.3) is 5.91 Å². The molecular weight excluding hydrogens is 326 g/mol. The molecule has 1 aromatic carbocycles. The average molecular weight is 345 g/mol. The molecule has 0 saturated carbocycles. The van der Waals surface area contributed by atoms with Crippen LogP contribution in [-0.4, -0.2) is 32.5 Å². The molecule has 1 amide bonds. The maximum absolute atomic E-state index is 12.1. The van der Waals surface area contributed by atoms with Gasteiger partial charge in [0.15, 0.2) is 23.9 Å². The number of hydrogen-bond donors (Lipinski definition) is 1. The largest absolute Gasteiger partial charge is 0.493 e. The van der Waals surface area contributed by atoms with Crippen LogP contribution in [0.4, 0.5) is 0 Å². The van der Waals surface area contributed by atoms with Gasteiger partial charge in [0.1, 0.15) is 0 Å². The Labute approximate surface area is 144 Å². The summed E-state index contributed by atoms with van der Waals surface area (Å²) >= 11 is 1.47. The van der Waals surface area contributed by atoms with Gasteiger partial charge in [-0.05, 0) is 42.8 Å². The molecule has 6 heteroatoms. The zero-order valence-corrected chi connectivity index (χ0v) is 14.6. The molecule has 0 aliphatic heterocycles. The van der Waals surface area contributed by atoms with E-state index in [0.29, 0.717) is 16.4 Å². The monoisotopic (exact) mass is 345 g/mol. The summed E-state index contributed by atoms with van der Waals surface area (Å²) in [5, 5.41) is 2.48. The number of likely N-dealkylation sites (N-methyl/N-ethyl adjacent to an activating group) is 1. The highest BCUT2D eigenvalue weighted by Crippen LogP contribution is 2.28. The predicted octanol–water partition coefficient (Wildman–Crippen LogP) is 3.09. The van der Waals surface area contributed by atoms with Crippen molar-refractivity contribution in [2.45, 2.75) is 6.92 Å². The minimum absolute atomic E-state index is 0.0352. The molecule has 0 bridgehead atoms. The molecular formula is C18H19NO4S. The van der Waals surface area contributed by atoms with Gasteiger partial charge < -0.3 is 14.8 Å². The fraction of sp³-hybridized carbons (Fsp3) is 0.222. The molecule has 0 spiro atoms. The molecule has 1 aromatic heterocycles. The van der Waals surface area contributed by atoms with E-state index in [0.717, 1.165) is 10.4 Å². The summed E-state index contributed by atoms with van der Waals surface area (Å²) in [6, 6.07) is 9.01. The third kappa shape index (κ3) is 4.70. The lowest BCUT2D eigenvalue weighted by atomic mass is 10.1. The number of carbonyl (C=O) groups is 2. The number of methoxy groups -OCH3 is 1. The molecule has 0 atom stereocenters. The van der Waals surface area contributed by atoms with Crippen LogP contribution in [0.3, 0.4) is 0 Å². The Bertz CT molecular complexity index is 764. The fourth-order valence-corrected chi connectivity index (χ4v) is 2.73. The number of amides is 1. The van der Waals surface area contributed by atoms with E-state index in [1.54, 1.807) is 31.3 Å². The van der Waals surface area contributed by atoms with E-state index < -0.39 is 0 Å². The highest BCUT2D eigenvalue weighted by molar-refractivity contribution is 7.14. The number of rotatable bonds is 7.